The number of nitrogens with one attached hydrogen (secondary N) is 1. The number of amides is 1. The van der Waals surface area contributed by atoms with Crippen LogP contribution >= 0.6 is 11.8 Å². The van der Waals surface area contributed by atoms with E-state index in [9.17, 15) is 4.79 Å². The SMILES string of the molecule is CSC(C)(C)[C@H](N)C(=O)NCc1cn2ccc(C)cc2n1. The lowest BCUT2D eigenvalue weighted by Gasteiger charge is -2.28. The summed E-state index contributed by atoms with van der Waals surface area (Å²) < 4.78 is 1.65. The third-order valence-corrected chi connectivity index (χ3v) is 4.97. The van der Waals surface area contributed by atoms with Crippen LogP contribution in [-0.2, 0) is 11.3 Å². The molecule has 0 saturated heterocycles. The Morgan fingerprint density at radius 1 is 1.57 bits per heavy atom. The number of nitrogens with zero attached hydrogens (tertiary/aromatic N) is 2. The molecule has 2 aromatic rings. The normalized spacial score (nSPS) is 13.4. The molecule has 0 unspecified atom stereocenters. The van der Waals surface area contributed by atoms with Crippen molar-refractivity contribution in [2.24, 2.45) is 5.73 Å². The van der Waals surface area contributed by atoms with Gasteiger partial charge in [-0.1, -0.05) is 0 Å². The summed E-state index contributed by atoms with van der Waals surface area (Å²) in [4.78, 5) is 16.6. The number of hydrogen-bond donors (Lipinski definition) is 2. The molecule has 0 saturated carbocycles. The fourth-order valence-electron chi connectivity index (χ4n) is 1.95. The quantitative estimate of drug-likeness (QED) is 0.882. The Morgan fingerprint density at radius 3 is 2.95 bits per heavy atom. The molecule has 0 aliphatic carbocycles. The van der Waals surface area contributed by atoms with E-state index in [0.29, 0.717) is 6.54 Å². The molecule has 0 aliphatic rings. The summed E-state index contributed by atoms with van der Waals surface area (Å²) in [5.74, 6) is -0.150. The Balaban J connectivity index is 2.03. The van der Waals surface area contributed by atoms with Gasteiger partial charge < -0.3 is 15.5 Å². The third kappa shape index (κ3) is 3.57. The minimum absolute atomic E-state index is 0.150. The lowest BCUT2D eigenvalue weighted by molar-refractivity contribution is -0.123. The number of pyridine rings is 1. The Labute approximate surface area is 129 Å². The minimum atomic E-state index is -0.549. The van der Waals surface area contributed by atoms with Crippen molar-refractivity contribution in [2.75, 3.05) is 6.26 Å². The molecule has 0 aromatic carbocycles. The van der Waals surface area contributed by atoms with Crippen molar-refractivity contribution >= 4 is 23.3 Å². The Kier molecular flexibility index (Phi) is 4.58. The second-order valence-corrected chi connectivity index (χ2v) is 7.17. The summed E-state index contributed by atoms with van der Waals surface area (Å²) in [7, 11) is 0. The van der Waals surface area contributed by atoms with Gasteiger partial charge in [-0.15, -0.1) is 0 Å². The van der Waals surface area contributed by atoms with Gasteiger partial charge in [0.25, 0.3) is 0 Å². The van der Waals surface area contributed by atoms with Gasteiger partial charge in [0.2, 0.25) is 5.91 Å². The maximum Gasteiger partial charge on any atom is 0.238 e. The number of rotatable bonds is 5. The Hall–Kier alpha value is -1.53. The van der Waals surface area contributed by atoms with E-state index in [1.54, 1.807) is 11.8 Å². The molecule has 0 radical (unpaired) electrons. The average molecular weight is 306 g/mol. The van der Waals surface area contributed by atoms with E-state index in [-0.39, 0.29) is 10.7 Å². The maximum absolute atomic E-state index is 12.1. The molecule has 6 heteroatoms. The van der Waals surface area contributed by atoms with Crippen LogP contribution in [0.15, 0.2) is 24.5 Å². The molecule has 21 heavy (non-hydrogen) atoms. The monoisotopic (exact) mass is 306 g/mol. The van der Waals surface area contributed by atoms with Crippen LogP contribution in [0.1, 0.15) is 25.1 Å². The van der Waals surface area contributed by atoms with E-state index < -0.39 is 6.04 Å². The lowest BCUT2D eigenvalue weighted by atomic mass is 10.0. The van der Waals surface area contributed by atoms with Crippen molar-refractivity contribution < 1.29 is 4.79 Å². The number of nitrogens with two attached hydrogens (primary N) is 1. The van der Waals surface area contributed by atoms with Crippen molar-refractivity contribution in [2.45, 2.75) is 38.1 Å². The average Bonchev–Trinajstić information content (AvgIpc) is 2.85. The highest BCUT2D eigenvalue weighted by Crippen LogP contribution is 2.24. The van der Waals surface area contributed by atoms with Gasteiger partial charge in [0.1, 0.15) is 5.65 Å². The van der Waals surface area contributed by atoms with Gasteiger partial charge in [0.05, 0.1) is 18.3 Å². The highest BCUT2D eigenvalue weighted by atomic mass is 32.2. The smallest absolute Gasteiger partial charge is 0.238 e. The van der Waals surface area contributed by atoms with Crippen LogP contribution in [0.4, 0.5) is 0 Å². The standard InChI is InChI=1S/C15H22N4OS/c1-10-5-6-19-9-11(18-12(19)7-10)8-17-14(20)13(16)15(2,3)21-4/h5-7,9,13H,8,16H2,1-4H3,(H,17,20)/t13-/m1/s1. The van der Waals surface area contributed by atoms with Crippen molar-refractivity contribution in [3.8, 4) is 0 Å². The molecule has 5 nitrogen and oxygen atoms in total. The Morgan fingerprint density at radius 2 is 2.29 bits per heavy atom. The molecular formula is C15H22N4OS. The zero-order valence-electron chi connectivity index (χ0n) is 12.9. The fourth-order valence-corrected chi connectivity index (χ4v) is 2.31. The molecule has 1 atom stereocenters. The van der Waals surface area contributed by atoms with E-state index in [2.05, 4.69) is 10.3 Å². The van der Waals surface area contributed by atoms with Crippen LogP contribution in [0.25, 0.3) is 5.65 Å². The molecule has 2 aromatic heterocycles. The first-order chi connectivity index (χ1) is 9.83. The lowest BCUT2D eigenvalue weighted by Crippen LogP contribution is -2.51. The number of imidazole rings is 1. The van der Waals surface area contributed by atoms with Crippen molar-refractivity contribution in [1.82, 2.24) is 14.7 Å². The summed E-state index contributed by atoms with van der Waals surface area (Å²) in [6, 6.07) is 3.48. The van der Waals surface area contributed by atoms with Gasteiger partial charge in [-0.05, 0) is 44.7 Å². The molecular weight excluding hydrogens is 284 g/mol. The molecule has 0 aliphatic heterocycles. The van der Waals surface area contributed by atoms with Crippen LogP contribution < -0.4 is 11.1 Å². The number of carbonyl (C=O) groups is 1. The summed E-state index contributed by atoms with van der Waals surface area (Å²) in [6.45, 7) is 6.35. The van der Waals surface area contributed by atoms with E-state index in [4.69, 9.17) is 5.73 Å². The van der Waals surface area contributed by atoms with Crippen molar-refractivity contribution in [3.63, 3.8) is 0 Å². The van der Waals surface area contributed by atoms with Gasteiger partial charge in [0.15, 0.2) is 0 Å². The van der Waals surface area contributed by atoms with Gasteiger partial charge >= 0.3 is 0 Å². The number of aromatic nitrogens is 2. The first-order valence-corrected chi connectivity index (χ1v) is 8.08. The molecule has 0 bridgehead atoms. The van der Waals surface area contributed by atoms with E-state index >= 15 is 0 Å². The highest BCUT2D eigenvalue weighted by molar-refractivity contribution is 8.00. The summed E-state index contributed by atoms with van der Waals surface area (Å²) in [6.07, 6.45) is 5.84. The molecule has 114 valence electrons. The van der Waals surface area contributed by atoms with Gasteiger partial charge in [0, 0.05) is 17.1 Å². The second-order valence-electron chi connectivity index (χ2n) is 5.70. The molecule has 1 amide bonds. The van der Waals surface area contributed by atoms with E-state index in [1.807, 2.05) is 56.0 Å². The zero-order chi connectivity index (χ0) is 15.6. The largest absolute Gasteiger partial charge is 0.349 e. The van der Waals surface area contributed by atoms with Gasteiger partial charge in [-0.3, -0.25) is 4.79 Å². The maximum atomic E-state index is 12.1. The highest BCUT2D eigenvalue weighted by Gasteiger charge is 2.31. The number of carbonyl (C=O) groups excluding carboxylic acids is 1. The Bertz CT molecular complexity index is 650. The summed E-state index contributed by atoms with van der Waals surface area (Å²) >= 11 is 1.59. The van der Waals surface area contributed by atoms with Crippen molar-refractivity contribution in [1.29, 1.82) is 0 Å². The first-order valence-electron chi connectivity index (χ1n) is 6.86. The molecule has 0 fully saturated rings. The van der Waals surface area contributed by atoms with Crippen molar-refractivity contribution in [3.05, 3.63) is 35.8 Å². The van der Waals surface area contributed by atoms with Crippen LogP contribution in [0.3, 0.4) is 0 Å². The van der Waals surface area contributed by atoms with Crippen LogP contribution in [-0.4, -0.2) is 32.3 Å². The van der Waals surface area contributed by atoms with Crippen LogP contribution in [0.5, 0.6) is 0 Å². The predicted octanol–water partition coefficient (Wildman–Crippen LogP) is 1.73. The predicted molar refractivity (Wildman–Crippen MR) is 87.3 cm³/mol. The number of thioether (sulfide) groups is 1. The topological polar surface area (TPSA) is 72.4 Å². The van der Waals surface area contributed by atoms with Gasteiger partial charge in [-0.25, -0.2) is 4.98 Å². The van der Waals surface area contributed by atoms with Crippen LogP contribution in [0.2, 0.25) is 0 Å². The molecule has 0 spiro atoms. The molecule has 2 heterocycles. The number of aryl methyl sites for hydroxylation is 1. The van der Waals surface area contributed by atoms with E-state index in [0.717, 1.165) is 16.9 Å². The number of hydrogen-bond acceptors (Lipinski definition) is 4. The summed E-state index contributed by atoms with van der Waals surface area (Å²) in [5.41, 5.74) is 8.87. The molecule has 3 N–H and O–H groups in total. The fraction of sp³-hybridized carbons (Fsp3) is 0.467. The molecule has 2 rings (SSSR count). The van der Waals surface area contributed by atoms with Gasteiger partial charge in [-0.2, -0.15) is 11.8 Å². The summed E-state index contributed by atoms with van der Waals surface area (Å²) in [5, 5.41) is 2.86. The van der Waals surface area contributed by atoms with E-state index in [1.165, 1.54) is 0 Å². The van der Waals surface area contributed by atoms with Crippen LogP contribution in [0, 0.1) is 6.92 Å². The third-order valence-electron chi connectivity index (χ3n) is 3.67. The zero-order valence-corrected chi connectivity index (χ0v) is 13.7. The first kappa shape index (κ1) is 15.9. The number of fused-ring (bicyclic) bond motifs is 1. The second kappa shape index (κ2) is 6.07. The minimum Gasteiger partial charge on any atom is -0.349 e.